The fourth-order valence-corrected chi connectivity index (χ4v) is 5.00. The Morgan fingerprint density at radius 3 is 2.41 bits per heavy atom. The van der Waals surface area contributed by atoms with Crippen molar-refractivity contribution in [1.82, 2.24) is 10.0 Å². The van der Waals surface area contributed by atoms with Crippen LogP contribution in [0.5, 0.6) is 0 Å². The molecule has 1 aliphatic rings. The van der Waals surface area contributed by atoms with E-state index in [0.717, 1.165) is 41.9 Å². The molecular formula is C14H20N2O4S2. The summed E-state index contributed by atoms with van der Waals surface area (Å²) in [5.74, 6) is -1.01. The maximum Gasteiger partial charge on any atom is 0.273 e. The Balaban J connectivity index is 2.14. The number of aryl methyl sites for hydroxylation is 1. The topological polar surface area (TPSA) is 92.3 Å². The monoisotopic (exact) mass is 344 g/mol. The number of carbonyl (C=O) groups excluding carboxylic acids is 2. The van der Waals surface area contributed by atoms with Crippen LogP contribution in [0.2, 0.25) is 0 Å². The molecule has 1 atom stereocenters. The molecule has 0 bridgehead atoms. The van der Waals surface area contributed by atoms with E-state index in [-0.39, 0.29) is 16.0 Å². The van der Waals surface area contributed by atoms with Gasteiger partial charge in [-0.3, -0.25) is 9.59 Å². The average Bonchev–Trinajstić information content (AvgIpc) is 3.06. The van der Waals surface area contributed by atoms with Crippen molar-refractivity contribution in [3.63, 3.8) is 0 Å². The summed E-state index contributed by atoms with van der Waals surface area (Å²) < 4.78 is 26.7. The summed E-state index contributed by atoms with van der Waals surface area (Å²) >= 11 is 1.10. The molecule has 122 valence electrons. The molecule has 22 heavy (non-hydrogen) atoms. The molecule has 1 aromatic rings. The summed E-state index contributed by atoms with van der Waals surface area (Å²) in [7, 11) is -3.88. The number of thiophene rings is 1. The van der Waals surface area contributed by atoms with Gasteiger partial charge in [0.15, 0.2) is 0 Å². The number of rotatable bonds is 5. The van der Waals surface area contributed by atoms with Crippen molar-refractivity contribution in [3.05, 3.63) is 17.0 Å². The smallest absolute Gasteiger partial charge is 0.273 e. The standard InChI is InChI=1S/C14H20N2O4S2/c1-9-7-8-12(21-9)22(19,20)16-14(18)13(15-10(2)17)11-5-3-4-6-11/h7-8,11,13H,3-6H2,1-2H3,(H,15,17)(H,16,18). The lowest BCUT2D eigenvalue weighted by molar-refractivity contribution is -0.128. The quantitative estimate of drug-likeness (QED) is 0.848. The Morgan fingerprint density at radius 2 is 1.91 bits per heavy atom. The normalized spacial score (nSPS) is 17.2. The molecule has 1 fully saturated rings. The van der Waals surface area contributed by atoms with E-state index in [2.05, 4.69) is 10.0 Å². The number of hydrogen-bond donors (Lipinski definition) is 2. The highest BCUT2D eigenvalue weighted by molar-refractivity contribution is 7.92. The molecular weight excluding hydrogens is 324 g/mol. The second-order valence-electron chi connectivity index (χ2n) is 5.56. The first-order valence-corrected chi connectivity index (χ1v) is 9.50. The summed E-state index contributed by atoms with van der Waals surface area (Å²) in [6.07, 6.45) is 3.61. The van der Waals surface area contributed by atoms with Gasteiger partial charge in [0.1, 0.15) is 10.3 Å². The molecule has 1 unspecified atom stereocenters. The number of hydrogen-bond acceptors (Lipinski definition) is 5. The van der Waals surface area contributed by atoms with Crippen LogP contribution in [0.3, 0.4) is 0 Å². The van der Waals surface area contributed by atoms with E-state index in [1.807, 2.05) is 0 Å². The van der Waals surface area contributed by atoms with E-state index in [1.54, 1.807) is 13.0 Å². The first kappa shape index (κ1) is 17.0. The molecule has 1 saturated carbocycles. The minimum absolute atomic E-state index is 0.0100. The van der Waals surface area contributed by atoms with Crippen LogP contribution in [0.25, 0.3) is 0 Å². The maximum atomic E-state index is 12.4. The molecule has 1 aliphatic carbocycles. The van der Waals surface area contributed by atoms with Gasteiger partial charge in [-0.1, -0.05) is 12.8 Å². The largest absolute Gasteiger partial charge is 0.344 e. The summed E-state index contributed by atoms with van der Waals surface area (Å²) in [5.41, 5.74) is 0. The van der Waals surface area contributed by atoms with Crippen molar-refractivity contribution in [2.75, 3.05) is 0 Å². The van der Waals surface area contributed by atoms with Crippen molar-refractivity contribution in [1.29, 1.82) is 0 Å². The van der Waals surface area contributed by atoms with Crippen LogP contribution in [0.4, 0.5) is 0 Å². The zero-order valence-corrected chi connectivity index (χ0v) is 14.2. The lowest BCUT2D eigenvalue weighted by Gasteiger charge is -2.22. The minimum Gasteiger partial charge on any atom is -0.344 e. The predicted molar refractivity (Wildman–Crippen MR) is 83.9 cm³/mol. The van der Waals surface area contributed by atoms with E-state index < -0.39 is 22.0 Å². The highest BCUT2D eigenvalue weighted by Gasteiger charge is 2.33. The zero-order chi connectivity index (χ0) is 16.3. The molecule has 6 nitrogen and oxygen atoms in total. The first-order valence-electron chi connectivity index (χ1n) is 7.20. The van der Waals surface area contributed by atoms with Crippen molar-refractivity contribution in [2.45, 2.75) is 49.8 Å². The third-order valence-electron chi connectivity index (χ3n) is 3.73. The predicted octanol–water partition coefficient (Wildman–Crippen LogP) is 1.56. The molecule has 0 radical (unpaired) electrons. The number of sulfonamides is 1. The third-order valence-corrected chi connectivity index (χ3v) is 6.57. The van der Waals surface area contributed by atoms with Crippen LogP contribution in [-0.4, -0.2) is 26.3 Å². The van der Waals surface area contributed by atoms with Gasteiger partial charge in [-0.15, -0.1) is 11.3 Å². The minimum atomic E-state index is -3.88. The van der Waals surface area contributed by atoms with Gasteiger partial charge in [0.05, 0.1) is 0 Å². The van der Waals surface area contributed by atoms with Crippen molar-refractivity contribution >= 4 is 33.2 Å². The number of amides is 2. The molecule has 0 aromatic carbocycles. The lowest BCUT2D eigenvalue weighted by Crippen LogP contribution is -2.51. The van der Waals surface area contributed by atoms with Crippen molar-refractivity contribution < 1.29 is 18.0 Å². The van der Waals surface area contributed by atoms with E-state index in [4.69, 9.17) is 0 Å². The average molecular weight is 344 g/mol. The fraction of sp³-hybridized carbons (Fsp3) is 0.571. The molecule has 2 rings (SSSR count). The van der Waals surface area contributed by atoms with Crippen LogP contribution in [0.15, 0.2) is 16.3 Å². The Kier molecular flexibility index (Phi) is 5.23. The van der Waals surface area contributed by atoms with Crippen LogP contribution in [-0.2, 0) is 19.6 Å². The maximum absolute atomic E-state index is 12.4. The van der Waals surface area contributed by atoms with E-state index in [1.165, 1.54) is 13.0 Å². The van der Waals surface area contributed by atoms with E-state index in [0.29, 0.717) is 0 Å². The van der Waals surface area contributed by atoms with Crippen molar-refractivity contribution in [3.8, 4) is 0 Å². The number of carbonyl (C=O) groups is 2. The molecule has 2 amide bonds. The summed E-state index contributed by atoms with van der Waals surface area (Å²) in [5, 5.41) is 2.59. The Labute approximate surface area is 134 Å². The van der Waals surface area contributed by atoms with Gasteiger partial charge >= 0.3 is 0 Å². The Hall–Kier alpha value is -1.41. The molecule has 0 saturated heterocycles. The van der Waals surface area contributed by atoms with E-state index >= 15 is 0 Å². The third kappa shape index (κ3) is 4.07. The highest BCUT2D eigenvalue weighted by Crippen LogP contribution is 2.28. The molecule has 2 N–H and O–H groups in total. The van der Waals surface area contributed by atoms with Gasteiger partial charge in [0.25, 0.3) is 15.9 Å². The van der Waals surface area contributed by atoms with Gasteiger partial charge < -0.3 is 5.32 Å². The second-order valence-corrected chi connectivity index (χ2v) is 8.75. The molecule has 1 heterocycles. The molecule has 0 spiro atoms. The SMILES string of the molecule is CC(=O)NC(C(=O)NS(=O)(=O)c1ccc(C)s1)C1CCCC1. The summed E-state index contributed by atoms with van der Waals surface area (Å²) in [6.45, 7) is 3.12. The Morgan fingerprint density at radius 1 is 1.27 bits per heavy atom. The zero-order valence-electron chi connectivity index (χ0n) is 12.6. The van der Waals surface area contributed by atoms with Crippen LogP contribution in [0, 0.1) is 12.8 Å². The van der Waals surface area contributed by atoms with Crippen LogP contribution < -0.4 is 10.0 Å². The van der Waals surface area contributed by atoms with Gasteiger partial charge in [-0.2, -0.15) is 0 Å². The number of nitrogens with one attached hydrogen (secondary N) is 2. The van der Waals surface area contributed by atoms with Gasteiger partial charge in [0, 0.05) is 11.8 Å². The first-order chi connectivity index (χ1) is 10.3. The van der Waals surface area contributed by atoms with Gasteiger partial charge in [-0.25, -0.2) is 13.1 Å². The van der Waals surface area contributed by atoms with Gasteiger partial charge in [0.2, 0.25) is 5.91 Å². The van der Waals surface area contributed by atoms with Crippen LogP contribution in [0.1, 0.15) is 37.5 Å². The molecule has 0 aliphatic heterocycles. The molecule has 1 aromatic heterocycles. The fourth-order valence-electron chi connectivity index (χ4n) is 2.71. The molecule has 8 heteroatoms. The van der Waals surface area contributed by atoms with Gasteiger partial charge in [-0.05, 0) is 37.8 Å². The van der Waals surface area contributed by atoms with Crippen molar-refractivity contribution in [2.24, 2.45) is 5.92 Å². The summed E-state index contributed by atoms with van der Waals surface area (Å²) in [4.78, 5) is 24.5. The summed E-state index contributed by atoms with van der Waals surface area (Å²) in [6, 6.07) is 2.36. The Bertz CT molecular complexity index is 660. The van der Waals surface area contributed by atoms with Crippen LogP contribution >= 0.6 is 11.3 Å². The van der Waals surface area contributed by atoms with E-state index in [9.17, 15) is 18.0 Å². The highest BCUT2D eigenvalue weighted by atomic mass is 32.2. The second kappa shape index (κ2) is 6.78. The lowest BCUT2D eigenvalue weighted by atomic mass is 9.97.